The molecule has 2 aliphatic heterocycles. The van der Waals surface area contributed by atoms with Crippen molar-refractivity contribution in [3.8, 4) is 0 Å². The van der Waals surface area contributed by atoms with Crippen molar-refractivity contribution in [2.45, 2.75) is 30.8 Å². The maximum atomic E-state index is 12.5. The first-order chi connectivity index (χ1) is 12.7. The molecular formula is C18H23N3O5S. The SMILES string of the molecule is C[C@@H](OC(=O)[C@@H]1CCCN(C2=NS(=O)(=O)c3ccccc32)C1)C(=O)N(C)C. The Bertz CT molecular complexity index is 894. The quantitative estimate of drug-likeness (QED) is 0.707. The van der Waals surface area contributed by atoms with Gasteiger partial charge in [0.05, 0.1) is 5.92 Å². The van der Waals surface area contributed by atoms with Gasteiger partial charge >= 0.3 is 5.97 Å². The predicted molar refractivity (Wildman–Crippen MR) is 98.7 cm³/mol. The van der Waals surface area contributed by atoms with E-state index in [2.05, 4.69) is 4.40 Å². The number of piperidine rings is 1. The molecule has 0 unspecified atom stereocenters. The number of amidine groups is 1. The second-order valence-electron chi connectivity index (χ2n) is 6.98. The number of hydrogen-bond donors (Lipinski definition) is 0. The number of nitrogens with zero attached hydrogens (tertiary/aromatic N) is 3. The molecule has 0 N–H and O–H groups in total. The minimum absolute atomic E-state index is 0.190. The Hall–Kier alpha value is -2.42. The Kier molecular flexibility index (Phi) is 5.23. The molecule has 1 aromatic carbocycles. The van der Waals surface area contributed by atoms with E-state index in [9.17, 15) is 18.0 Å². The number of rotatable bonds is 3. The summed E-state index contributed by atoms with van der Waals surface area (Å²) < 4.78 is 33.8. The third-order valence-electron chi connectivity index (χ3n) is 4.75. The average molecular weight is 393 g/mol. The fraction of sp³-hybridized carbons (Fsp3) is 0.500. The van der Waals surface area contributed by atoms with Gasteiger partial charge in [-0.1, -0.05) is 12.1 Å². The summed E-state index contributed by atoms with van der Waals surface area (Å²) in [4.78, 5) is 27.8. The van der Waals surface area contributed by atoms with Crippen molar-refractivity contribution in [1.29, 1.82) is 0 Å². The Labute approximate surface area is 158 Å². The molecule has 0 aromatic heterocycles. The molecule has 146 valence electrons. The van der Waals surface area contributed by atoms with Crippen LogP contribution in [0.15, 0.2) is 33.6 Å². The predicted octanol–water partition coefficient (Wildman–Crippen LogP) is 0.867. The van der Waals surface area contributed by atoms with Crippen LogP contribution < -0.4 is 0 Å². The summed E-state index contributed by atoms with van der Waals surface area (Å²) in [7, 11) is -0.497. The van der Waals surface area contributed by atoms with Crippen LogP contribution >= 0.6 is 0 Å². The van der Waals surface area contributed by atoms with Crippen molar-refractivity contribution in [2.75, 3.05) is 27.2 Å². The van der Waals surface area contributed by atoms with Crippen LogP contribution in [0.25, 0.3) is 0 Å². The largest absolute Gasteiger partial charge is 0.452 e. The molecule has 0 saturated carbocycles. The van der Waals surface area contributed by atoms with E-state index in [4.69, 9.17) is 4.74 Å². The fourth-order valence-electron chi connectivity index (χ4n) is 3.36. The number of ether oxygens (including phenoxy) is 1. The molecule has 3 rings (SSSR count). The van der Waals surface area contributed by atoms with E-state index in [0.29, 0.717) is 37.3 Å². The third kappa shape index (κ3) is 3.83. The standard InChI is InChI=1S/C18H23N3O5S/c1-12(17(22)20(2)3)26-18(23)13-7-6-10-21(11-13)16-14-8-4-5-9-15(14)27(24,25)19-16/h4-5,8-9,12-13H,6-7,10-11H2,1-3H3/t12-,13-/m1/s1. The number of hydrogen-bond acceptors (Lipinski definition) is 6. The van der Waals surface area contributed by atoms with Gasteiger partial charge in [-0.15, -0.1) is 4.40 Å². The monoisotopic (exact) mass is 393 g/mol. The third-order valence-corrected chi connectivity index (χ3v) is 6.07. The van der Waals surface area contributed by atoms with E-state index < -0.39 is 28.0 Å². The maximum absolute atomic E-state index is 12.5. The Morgan fingerprint density at radius 1 is 1.30 bits per heavy atom. The first kappa shape index (κ1) is 19.3. The van der Waals surface area contributed by atoms with Gasteiger partial charge in [-0.25, -0.2) is 0 Å². The molecule has 1 aromatic rings. The van der Waals surface area contributed by atoms with Gasteiger partial charge < -0.3 is 14.5 Å². The first-order valence-electron chi connectivity index (χ1n) is 8.81. The molecule has 0 aliphatic carbocycles. The van der Waals surface area contributed by atoms with Gasteiger partial charge in [0.1, 0.15) is 4.90 Å². The van der Waals surface area contributed by atoms with E-state index in [0.717, 1.165) is 0 Å². The smallest absolute Gasteiger partial charge is 0.311 e. The van der Waals surface area contributed by atoms with Crippen LogP contribution in [0.1, 0.15) is 25.3 Å². The lowest BCUT2D eigenvalue weighted by molar-refractivity contribution is -0.162. The Balaban J connectivity index is 1.74. The number of amides is 1. The number of carbonyl (C=O) groups is 2. The number of benzene rings is 1. The molecule has 2 aliphatic rings. The lowest BCUT2D eigenvalue weighted by Gasteiger charge is -2.33. The van der Waals surface area contributed by atoms with Crippen molar-refractivity contribution in [1.82, 2.24) is 9.80 Å². The maximum Gasteiger partial charge on any atom is 0.311 e. The summed E-state index contributed by atoms with van der Waals surface area (Å²) in [5, 5.41) is 0. The highest BCUT2D eigenvalue weighted by Gasteiger charge is 2.36. The molecule has 0 bridgehead atoms. The van der Waals surface area contributed by atoms with Gasteiger partial charge in [0.25, 0.3) is 15.9 Å². The first-order valence-corrected chi connectivity index (χ1v) is 10.3. The zero-order chi connectivity index (χ0) is 19.8. The van der Waals surface area contributed by atoms with Crippen LogP contribution in [-0.2, 0) is 24.3 Å². The summed E-state index contributed by atoms with van der Waals surface area (Å²) in [6.07, 6.45) is 0.476. The van der Waals surface area contributed by atoms with Crippen LogP contribution in [0, 0.1) is 5.92 Å². The topological polar surface area (TPSA) is 96.3 Å². The van der Waals surface area contributed by atoms with E-state index in [1.165, 1.54) is 11.0 Å². The molecule has 0 radical (unpaired) electrons. The normalized spacial score (nSPS) is 21.8. The van der Waals surface area contributed by atoms with Crippen LogP contribution in [0.3, 0.4) is 0 Å². The minimum atomic E-state index is -3.70. The number of fused-ring (bicyclic) bond motifs is 1. The van der Waals surface area contributed by atoms with Crippen molar-refractivity contribution in [3.05, 3.63) is 29.8 Å². The van der Waals surface area contributed by atoms with Gasteiger partial charge in [0.2, 0.25) is 0 Å². The highest BCUT2D eigenvalue weighted by Crippen LogP contribution is 2.30. The molecule has 2 heterocycles. The van der Waals surface area contributed by atoms with E-state index >= 15 is 0 Å². The van der Waals surface area contributed by atoms with Crippen LogP contribution in [-0.4, -0.2) is 69.2 Å². The highest BCUT2D eigenvalue weighted by atomic mass is 32.2. The lowest BCUT2D eigenvalue weighted by atomic mass is 9.97. The zero-order valence-electron chi connectivity index (χ0n) is 15.6. The fourth-order valence-corrected chi connectivity index (χ4v) is 4.59. The summed E-state index contributed by atoms with van der Waals surface area (Å²) >= 11 is 0. The molecule has 1 amide bonds. The molecule has 27 heavy (non-hydrogen) atoms. The number of likely N-dealkylation sites (tertiary alicyclic amines) is 1. The minimum Gasteiger partial charge on any atom is -0.452 e. The number of sulfonamides is 1. The Morgan fingerprint density at radius 2 is 2.00 bits per heavy atom. The molecule has 8 nitrogen and oxygen atoms in total. The van der Waals surface area contributed by atoms with E-state index in [1.807, 2.05) is 4.90 Å². The zero-order valence-corrected chi connectivity index (χ0v) is 16.4. The van der Waals surface area contributed by atoms with E-state index in [1.54, 1.807) is 39.2 Å². The van der Waals surface area contributed by atoms with Gasteiger partial charge in [0, 0.05) is 32.7 Å². The second-order valence-corrected chi connectivity index (χ2v) is 8.56. The molecule has 9 heteroatoms. The van der Waals surface area contributed by atoms with E-state index in [-0.39, 0.29) is 10.8 Å². The number of carbonyl (C=O) groups excluding carboxylic acids is 2. The van der Waals surface area contributed by atoms with Crippen LogP contribution in [0.4, 0.5) is 0 Å². The van der Waals surface area contributed by atoms with Gasteiger partial charge in [0.15, 0.2) is 11.9 Å². The summed E-state index contributed by atoms with van der Waals surface area (Å²) in [5.74, 6) is -0.789. The van der Waals surface area contributed by atoms with Crippen molar-refractivity contribution >= 4 is 27.7 Å². The van der Waals surface area contributed by atoms with Gasteiger partial charge in [-0.2, -0.15) is 8.42 Å². The van der Waals surface area contributed by atoms with Crippen molar-refractivity contribution in [2.24, 2.45) is 10.3 Å². The summed E-state index contributed by atoms with van der Waals surface area (Å²) in [6.45, 7) is 2.47. The number of likely N-dealkylation sites (N-methyl/N-ethyl adjacent to an activating group) is 1. The molecule has 1 saturated heterocycles. The summed E-state index contributed by atoms with van der Waals surface area (Å²) in [6, 6.07) is 6.68. The van der Waals surface area contributed by atoms with Crippen molar-refractivity contribution < 1.29 is 22.7 Å². The second kappa shape index (κ2) is 7.30. The van der Waals surface area contributed by atoms with Crippen molar-refractivity contribution in [3.63, 3.8) is 0 Å². The highest BCUT2D eigenvalue weighted by molar-refractivity contribution is 7.90. The van der Waals surface area contributed by atoms with Crippen LogP contribution in [0.2, 0.25) is 0 Å². The van der Waals surface area contributed by atoms with Gasteiger partial charge in [-0.3, -0.25) is 9.59 Å². The summed E-state index contributed by atoms with van der Waals surface area (Å²) in [5.41, 5.74) is 0.558. The average Bonchev–Trinajstić information content (AvgIpc) is 2.92. The Morgan fingerprint density at radius 3 is 2.70 bits per heavy atom. The number of esters is 1. The van der Waals surface area contributed by atoms with Gasteiger partial charge in [-0.05, 0) is 31.9 Å². The molecule has 2 atom stereocenters. The molecule has 1 fully saturated rings. The van der Waals surface area contributed by atoms with Crippen LogP contribution in [0.5, 0.6) is 0 Å². The molecule has 0 spiro atoms. The molecular weight excluding hydrogens is 370 g/mol. The lowest BCUT2D eigenvalue weighted by Crippen LogP contribution is -2.44.